The van der Waals surface area contributed by atoms with Crippen LogP contribution in [0.1, 0.15) is 27.0 Å². The maximum Gasteiger partial charge on any atom is 0.324 e. The second-order valence-corrected chi connectivity index (χ2v) is 10.6. The number of carbonyl (C=O) groups is 2. The molecule has 0 bridgehead atoms. The Morgan fingerprint density at radius 3 is 2.58 bits per heavy atom. The van der Waals surface area contributed by atoms with Gasteiger partial charge in [-0.3, -0.25) is 14.7 Å². The molecule has 4 heterocycles. The van der Waals surface area contributed by atoms with Crippen LogP contribution in [-0.4, -0.2) is 70.5 Å². The Hall–Kier alpha value is -3.70. The molecule has 1 aromatic carbocycles. The molecule has 4 atom stereocenters. The molecule has 5 N–H and O–H groups in total. The van der Waals surface area contributed by atoms with Crippen molar-refractivity contribution in [1.82, 2.24) is 24.8 Å². The summed E-state index contributed by atoms with van der Waals surface area (Å²) in [5.41, 5.74) is 0.516. The molecule has 2 aliphatic heterocycles. The first-order valence-corrected chi connectivity index (χ1v) is 13.2. The normalized spacial score (nSPS) is 24.2. The van der Waals surface area contributed by atoms with Crippen LogP contribution in [0.5, 0.6) is 0 Å². The zero-order valence-corrected chi connectivity index (χ0v) is 21.4. The molecule has 5 rings (SSSR count). The molecule has 0 spiro atoms. The standard InChI is InChI=1S/C22H26N8O7S/c1-4-24-19(31)15-14-16(37-22(2,3)36-14)20(35-15)30-10-27-13-17(25-9-26-18(13)30)29-21(32)28-11-7-5-6-8-12(11)38(23,33)34/h5-10,14-16,20H,4H2,1-3H3,(H,24,31)(H2,23,33,34)(H2,25,26,28,29,32)/t14-,15+,16-,20-/m1/s1. The van der Waals surface area contributed by atoms with E-state index >= 15 is 0 Å². The molecular formula is C22H26N8O7S. The van der Waals surface area contributed by atoms with Crippen LogP contribution in [0.25, 0.3) is 11.2 Å². The molecule has 3 amide bonds. The molecule has 2 saturated heterocycles. The lowest BCUT2D eigenvalue weighted by atomic mass is 10.1. The number of imidazole rings is 1. The molecule has 16 heteroatoms. The highest BCUT2D eigenvalue weighted by Crippen LogP contribution is 2.44. The third kappa shape index (κ3) is 4.79. The van der Waals surface area contributed by atoms with Crippen molar-refractivity contribution in [2.24, 2.45) is 5.14 Å². The van der Waals surface area contributed by atoms with E-state index in [4.69, 9.17) is 19.3 Å². The molecule has 202 valence electrons. The van der Waals surface area contributed by atoms with Crippen molar-refractivity contribution in [3.63, 3.8) is 0 Å². The fourth-order valence-electron chi connectivity index (χ4n) is 4.50. The van der Waals surface area contributed by atoms with Gasteiger partial charge in [0.1, 0.15) is 23.4 Å². The van der Waals surface area contributed by atoms with Gasteiger partial charge in [0.25, 0.3) is 5.91 Å². The molecular weight excluding hydrogens is 520 g/mol. The van der Waals surface area contributed by atoms with E-state index < -0.39 is 46.4 Å². The number of anilines is 2. The molecule has 15 nitrogen and oxygen atoms in total. The van der Waals surface area contributed by atoms with E-state index in [1.165, 1.54) is 30.9 Å². The minimum absolute atomic E-state index is 0.00822. The molecule has 2 aromatic heterocycles. The Labute approximate surface area is 217 Å². The van der Waals surface area contributed by atoms with E-state index in [1.807, 2.05) is 0 Å². The maximum atomic E-state index is 12.7. The van der Waals surface area contributed by atoms with Gasteiger partial charge >= 0.3 is 6.03 Å². The van der Waals surface area contributed by atoms with Crippen LogP contribution in [0.2, 0.25) is 0 Å². The van der Waals surface area contributed by atoms with Crippen molar-refractivity contribution in [1.29, 1.82) is 0 Å². The smallest absolute Gasteiger partial charge is 0.324 e. The highest BCUT2D eigenvalue weighted by molar-refractivity contribution is 7.89. The van der Waals surface area contributed by atoms with Gasteiger partial charge < -0.3 is 24.8 Å². The van der Waals surface area contributed by atoms with Gasteiger partial charge in [-0.25, -0.2) is 33.3 Å². The number of carbonyl (C=O) groups excluding carboxylic acids is 2. The van der Waals surface area contributed by atoms with E-state index in [2.05, 4.69) is 30.9 Å². The van der Waals surface area contributed by atoms with Gasteiger partial charge in [-0.15, -0.1) is 0 Å². The van der Waals surface area contributed by atoms with Gasteiger partial charge in [-0.05, 0) is 32.9 Å². The quantitative estimate of drug-likeness (QED) is 0.340. The predicted octanol–water partition coefficient (Wildman–Crippen LogP) is 0.671. The number of sulfonamides is 1. The fourth-order valence-corrected chi connectivity index (χ4v) is 5.19. The van der Waals surface area contributed by atoms with Gasteiger partial charge in [0.15, 0.2) is 35.1 Å². The SMILES string of the molecule is CCNC(=O)[C@H]1O[C@@H](n2cnc3c(NC(=O)Nc4ccccc4S(N)(=O)=O)ncnc32)[C@@H]2OC(C)(C)O[C@@H]21. The summed E-state index contributed by atoms with van der Waals surface area (Å²) in [5, 5.41) is 13.0. The van der Waals surface area contributed by atoms with E-state index in [-0.39, 0.29) is 27.8 Å². The average Bonchev–Trinajstić information content (AvgIpc) is 3.50. The predicted molar refractivity (Wildman–Crippen MR) is 132 cm³/mol. The number of fused-ring (bicyclic) bond motifs is 2. The van der Waals surface area contributed by atoms with Crippen LogP contribution in [0, 0.1) is 0 Å². The molecule has 0 saturated carbocycles. The van der Waals surface area contributed by atoms with Gasteiger partial charge in [0.2, 0.25) is 10.0 Å². The molecule has 0 radical (unpaired) electrons. The van der Waals surface area contributed by atoms with Crippen molar-refractivity contribution in [3.8, 4) is 0 Å². The molecule has 3 aromatic rings. The number of hydrogen-bond donors (Lipinski definition) is 4. The van der Waals surface area contributed by atoms with Gasteiger partial charge in [0.05, 0.1) is 12.0 Å². The summed E-state index contributed by atoms with van der Waals surface area (Å²) >= 11 is 0. The lowest BCUT2D eigenvalue weighted by Crippen LogP contribution is -2.42. The first kappa shape index (κ1) is 25.9. The van der Waals surface area contributed by atoms with Crippen LogP contribution in [0.4, 0.5) is 16.3 Å². The average molecular weight is 547 g/mol. The maximum absolute atomic E-state index is 12.7. The van der Waals surface area contributed by atoms with Crippen molar-refractivity contribution in [2.75, 3.05) is 17.2 Å². The minimum Gasteiger partial charge on any atom is -0.354 e. The summed E-state index contributed by atoms with van der Waals surface area (Å²) in [7, 11) is -4.07. The first-order chi connectivity index (χ1) is 18.0. The number of urea groups is 1. The highest BCUT2D eigenvalue weighted by atomic mass is 32.2. The number of ether oxygens (including phenoxy) is 3. The Bertz CT molecular complexity index is 1510. The lowest BCUT2D eigenvalue weighted by molar-refractivity contribution is -0.197. The molecule has 2 fully saturated rings. The molecule has 0 unspecified atom stereocenters. The van der Waals surface area contributed by atoms with Gasteiger partial charge in [0, 0.05) is 6.54 Å². The Balaban J connectivity index is 1.42. The van der Waals surface area contributed by atoms with Crippen molar-refractivity contribution < 1.29 is 32.2 Å². The number of rotatable bonds is 6. The van der Waals surface area contributed by atoms with Gasteiger partial charge in [-0.1, -0.05) is 12.1 Å². The van der Waals surface area contributed by atoms with Crippen LogP contribution in [-0.2, 0) is 29.0 Å². The van der Waals surface area contributed by atoms with Crippen LogP contribution in [0.15, 0.2) is 41.8 Å². The summed E-state index contributed by atoms with van der Waals surface area (Å²) in [4.78, 5) is 37.8. The van der Waals surface area contributed by atoms with Gasteiger partial charge in [-0.2, -0.15) is 0 Å². The number of benzene rings is 1. The van der Waals surface area contributed by atoms with Crippen LogP contribution < -0.4 is 21.1 Å². The first-order valence-electron chi connectivity index (χ1n) is 11.6. The largest absolute Gasteiger partial charge is 0.354 e. The van der Waals surface area contributed by atoms with E-state index in [9.17, 15) is 18.0 Å². The number of aromatic nitrogens is 4. The third-order valence-corrected chi connectivity index (χ3v) is 6.91. The molecule has 0 aliphatic carbocycles. The number of para-hydroxylation sites is 1. The van der Waals surface area contributed by atoms with E-state index in [0.717, 1.165) is 0 Å². The molecule has 38 heavy (non-hydrogen) atoms. The van der Waals surface area contributed by atoms with Crippen LogP contribution >= 0.6 is 0 Å². The van der Waals surface area contributed by atoms with E-state index in [0.29, 0.717) is 12.2 Å². The number of nitrogens with two attached hydrogens (primary N) is 1. The monoisotopic (exact) mass is 546 g/mol. The third-order valence-electron chi connectivity index (χ3n) is 5.95. The van der Waals surface area contributed by atoms with E-state index in [1.54, 1.807) is 31.4 Å². The second-order valence-electron chi connectivity index (χ2n) is 9.07. The van der Waals surface area contributed by atoms with Crippen molar-refractivity contribution >= 4 is 44.6 Å². The number of likely N-dealkylation sites (N-methyl/N-ethyl adjacent to an activating group) is 1. The Kier molecular flexibility index (Phi) is 6.52. The second kappa shape index (κ2) is 9.55. The number of amides is 3. The van der Waals surface area contributed by atoms with Crippen LogP contribution in [0.3, 0.4) is 0 Å². The summed E-state index contributed by atoms with van der Waals surface area (Å²) < 4.78 is 43.3. The summed E-state index contributed by atoms with van der Waals surface area (Å²) in [6.07, 6.45) is -0.374. The topological polar surface area (TPSA) is 202 Å². The Morgan fingerprint density at radius 2 is 1.84 bits per heavy atom. The fraction of sp³-hybridized carbons (Fsp3) is 0.409. The van der Waals surface area contributed by atoms with Crippen molar-refractivity contribution in [2.45, 2.75) is 56.0 Å². The number of hydrogen-bond acceptors (Lipinski definition) is 10. The summed E-state index contributed by atoms with van der Waals surface area (Å²) in [6, 6.07) is 4.92. The number of nitrogens with zero attached hydrogens (tertiary/aromatic N) is 4. The van der Waals surface area contributed by atoms with Crippen molar-refractivity contribution in [3.05, 3.63) is 36.9 Å². The highest BCUT2D eigenvalue weighted by Gasteiger charge is 2.58. The molecule has 2 aliphatic rings. The number of primary sulfonamides is 1. The zero-order chi connectivity index (χ0) is 27.2. The Morgan fingerprint density at radius 1 is 1.11 bits per heavy atom. The zero-order valence-electron chi connectivity index (χ0n) is 20.6. The lowest BCUT2D eigenvalue weighted by Gasteiger charge is -2.24. The summed E-state index contributed by atoms with van der Waals surface area (Å²) in [5.74, 6) is -1.21. The summed E-state index contributed by atoms with van der Waals surface area (Å²) in [6.45, 7) is 5.72. The minimum atomic E-state index is -4.07. The number of nitrogens with one attached hydrogen (secondary N) is 3.